The van der Waals surface area contributed by atoms with Crippen LogP contribution in [-0.4, -0.2) is 53.6 Å². The maximum Gasteiger partial charge on any atom is 0.408 e. The molecule has 2 heterocycles. The molecule has 21 heavy (non-hydrogen) atoms. The van der Waals surface area contributed by atoms with Gasteiger partial charge in [-0.25, -0.2) is 4.79 Å². The molecular formula is C14H17NO6. The summed E-state index contributed by atoms with van der Waals surface area (Å²) in [5.74, 6) is 0. The van der Waals surface area contributed by atoms with Crippen LogP contribution >= 0.6 is 0 Å². The largest absolute Gasteiger partial charge is 0.441 e. The third-order valence-electron chi connectivity index (χ3n) is 3.64. The van der Waals surface area contributed by atoms with Crippen molar-refractivity contribution >= 4 is 6.09 Å². The summed E-state index contributed by atoms with van der Waals surface area (Å²) in [6.07, 6.45) is -4.14. The molecule has 5 atom stereocenters. The van der Waals surface area contributed by atoms with Gasteiger partial charge in [0.15, 0.2) is 12.4 Å². The van der Waals surface area contributed by atoms with Crippen LogP contribution in [0.3, 0.4) is 0 Å². The molecule has 3 rings (SSSR count). The number of nitrogens with one attached hydrogen (secondary N) is 1. The lowest BCUT2D eigenvalue weighted by molar-refractivity contribution is -0.262. The van der Waals surface area contributed by atoms with Crippen molar-refractivity contribution in [2.45, 2.75) is 37.3 Å². The molecule has 0 aromatic heterocycles. The number of rotatable bonds is 4. The minimum Gasteiger partial charge on any atom is -0.441 e. The molecule has 0 radical (unpaired) electrons. The van der Waals surface area contributed by atoms with Crippen LogP contribution in [0, 0.1) is 0 Å². The molecule has 0 unspecified atom stereocenters. The van der Waals surface area contributed by atoms with E-state index in [0.717, 1.165) is 5.56 Å². The number of ether oxygens (including phenoxy) is 3. The molecule has 114 valence electrons. The zero-order chi connectivity index (χ0) is 14.8. The first-order chi connectivity index (χ1) is 10.2. The Kier molecular flexibility index (Phi) is 4.07. The van der Waals surface area contributed by atoms with Crippen molar-refractivity contribution in [3.63, 3.8) is 0 Å². The van der Waals surface area contributed by atoms with Gasteiger partial charge in [0.25, 0.3) is 0 Å². The Morgan fingerprint density at radius 2 is 2.05 bits per heavy atom. The second-order valence-corrected chi connectivity index (χ2v) is 5.05. The Morgan fingerprint density at radius 1 is 1.29 bits per heavy atom. The average molecular weight is 295 g/mol. The Balaban J connectivity index is 1.69. The monoisotopic (exact) mass is 295 g/mol. The van der Waals surface area contributed by atoms with Crippen LogP contribution in [0.2, 0.25) is 0 Å². The predicted molar refractivity (Wildman–Crippen MR) is 70.2 cm³/mol. The molecule has 1 aromatic rings. The molecule has 7 heteroatoms. The molecule has 0 bridgehead atoms. The van der Waals surface area contributed by atoms with Crippen molar-refractivity contribution in [2.75, 3.05) is 6.61 Å². The first-order valence-electron chi connectivity index (χ1n) is 6.76. The van der Waals surface area contributed by atoms with Crippen molar-refractivity contribution in [1.29, 1.82) is 0 Å². The highest BCUT2D eigenvalue weighted by molar-refractivity contribution is 5.70. The summed E-state index contributed by atoms with van der Waals surface area (Å²) in [4.78, 5) is 11.4. The van der Waals surface area contributed by atoms with Gasteiger partial charge in [0, 0.05) is 0 Å². The van der Waals surface area contributed by atoms with E-state index in [1.54, 1.807) is 0 Å². The normalized spacial score (nSPS) is 35.0. The van der Waals surface area contributed by atoms with Gasteiger partial charge >= 0.3 is 6.09 Å². The number of hydrogen-bond donors (Lipinski definition) is 3. The van der Waals surface area contributed by atoms with Crippen LogP contribution in [0.1, 0.15) is 5.56 Å². The van der Waals surface area contributed by atoms with Gasteiger partial charge in [-0.3, -0.25) is 0 Å². The summed E-state index contributed by atoms with van der Waals surface area (Å²) >= 11 is 0. The van der Waals surface area contributed by atoms with E-state index in [-0.39, 0.29) is 6.61 Å². The molecule has 0 saturated carbocycles. The van der Waals surface area contributed by atoms with E-state index in [1.807, 2.05) is 30.3 Å². The van der Waals surface area contributed by atoms with E-state index in [2.05, 4.69) is 5.32 Å². The van der Waals surface area contributed by atoms with E-state index in [0.29, 0.717) is 6.61 Å². The van der Waals surface area contributed by atoms with Crippen LogP contribution < -0.4 is 5.32 Å². The lowest BCUT2D eigenvalue weighted by Crippen LogP contribution is -2.60. The van der Waals surface area contributed by atoms with E-state index >= 15 is 0 Å². The molecule has 2 saturated heterocycles. The Labute approximate surface area is 121 Å². The first kappa shape index (κ1) is 14.3. The third-order valence-corrected chi connectivity index (χ3v) is 3.64. The van der Waals surface area contributed by atoms with Gasteiger partial charge in [-0.1, -0.05) is 30.3 Å². The van der Waals surface area contributed by atoms with Gasteiger partial charge in [-0.15, -0.1) is 0 Å². The van der Waals surface area contributed by atoms with Gasteiger partial charge < -0.3 is 29.7 Å². The fraction of sp³-hybridized carbons (Fsp3) is 0.500. The van der Waals surface area contributed by atoms with Crippen molar-refractivity contribution in [3.05, 3.63) is 35.9 Å². The number of benzene rings is 1. The smallest absolute Gasteiger partial charge is 0.408 e. The maximum absolute atomic E-state index is 11.4. The van der Waals surface area contributed by atoms with Crippen molar-refractivity contribution < 1.29 is 29.2 Å². The maximum atomic E-state index is 11.4. The van der Waals surface area contributed by atoms with Gasteiger partial charge in [0.05, 0.1) is 13.2 Å². The summed E-state index contributed by atoms with van der Waals surface area (Å²) in [7, 11) is 0. The second kappa shape index (κ2) is 5.98. The van der Waals surface area contributed by atoms with E-state index in [1.165, 1.54) is 0 Å². The minimum atomic E-state index is -1.09. The Bertz CT molecular complexity index is 495. The first-order valence-corrected chi connectivity index (χ1v) is 6.76. The van der Waals surface area contributed by atoms with Crippen molar-refractivity contribution in [2.24, 2.45) is 0 Å². The molecule has 2 aliphatic heterocycles. The fourth-order valence-electron chi connectivity index (χ4n) is 2.55. The molecule has 1 amide bonds. The summed E-state index contributed by atoms with van der Waals surface area (Å²) in [5.41, 5.74) is 0.953. The summed E-state index contributed by atoms with van der Waals surface area (Å²) in [6.45, 7) is -0.0913. The molecule has 2 aliphatic rings. The van der Waals surface area contributed by atoms with Crippen LogP contribution in [-0.2, 0) is 20.8 Å². The highest BCUT2D eigenvalue weighted by Crippen LogP contribution is 2.28. The quantitative estimate of drug-likeness (QED) is 0.709. The lowest BCUT2D eigenvalue weighted by Gasteiger charge is -2.39. The summed E-state index contributed by atoms with van der Waals surface area (Å²) < 4.78 is 16.2. The zero-order valence-corrected chi connectivity index (χ0v) is 11.2. The van der Waals surface area contributed by atoms with Crippen LogP contribution in [0.5, 0.6) is 0 Å². The average Bonchev–Trinajstić information content (AvgIpc) is 2.90. The van der Waals surface area contributed by atoms with E-state index < -0.39 is 36.7 Å². The number of carbonyl (C=O) groups is 1. The number of fused-ring (bicyclic) bond motifs is 1. The van der Waals surface area contributed by atoms with Crippen LogP contribution in [0.4, 0.5) is 4.79 Å². The Hall–Kier alpha value is -1.67. The molecule has 1 aromatic carbocycles. The zero-order valence-electron chi connectivity index (χ0n) is 11.2. The van der Waals surface area contributed by atoms with Crippen molar-refractivity contribution in [3.8, 4) is 0 Å². The second-order valence-electron chi connectivity index (χ2n) is 5.05. The number of aliphatic hydroxyl groups is 2. The minimum absolute atomic E-state index is 0.291. The van der Waals surface area contributed by atoms with Crippen molar-refractivity contribution in [1.82, 2.24) is 5.32 Å². The Morgan fingerprint density at radius 3 is 2.76 bits per heavy atom. The standard InChI is InChI=1S/C14H17NO6/c16-6-9-11(17)12-10(15-14(18)21-12)13(20-9)19-7-8-4-2-1-3-5-8/h1-5,9-13,16-17H,6-7H2,(H,15,18)/t9-,10+,11-,12-,13+/m1/s1. The van der Waals surface area contributed by atoms with E-state index in [4.69, 9.17) is 14.2 Å². The van der Waals surface area contributed by atoms with Gasteiger partial charge in [-0.05, 0) is 5.56 Å². The number of carbonyl (C=O) groups excluding carboxylic acids is 1. The van der Waals surface area contributed by atoms with E-state index in [9.17, 15) is 15.0 Å². The number of amides is 1. The molecule has 3 N–H and O–H groups in total. The van der Waals surface area contributed by atoms with Crippen LogP contribution in [0.15, 0.2) is 30.3 Å². The number of alkyl carbamates (subject to hydrolysis) is 1. The van der Waals surface area contributed by atoms with Gasteiger partial charge in [0.1, 0.15) is 18.2 Å². The topological polar surface area (TPSA) is 97.3 Å². The lowest BCUT2D eigenvalue weighted by atomic mass is 9.98. The molecule has 2 fully saturated rings. The third kappa shape index (κ3) is 2.86. The van der Waals surface area contributed by atoms with Gasteiger partial charge in [0.2, 0.25) is 0 Å². The summed E-state index contributed by atoms with van der Waals surface area (Å²) in [5, 5.41) is 21.8. The highest BCUT2D eigenvalue weighted by Gasteiger charge is 2.52. The van der Waals surface area contributed by atoms with Crippen LogP contribution in [0.25, 0.3) is 0 Å². The predicted octanol–water partition coefficient (Wildman–Crippen LogP) is -0.242. The number of hydrogen-bond acceptors (Lipinski definition) is 6. The number of aliphatic hydroxyl groups excluding tert-OH is 2. The highest BCUT2D eigenvalue weighted by atomic mass is 16.7. The fourth-order valence-corrected chi connectivity index (χ4v) is 2.55. The molecule has 7 nitrogen and oxygen atoms in total. The summed E-state index contributed by atoms with van der Waals surface area (Å²) in [6, 6.07) is 8.90. The van der Waals surface area contributed by atoms with Gasteiger partial charge in [-0.2, -0.15) is 0 Å². The molecular weight excluding hydrogens is 278 g/mol. The molecule has 0 aliphatic carbocycles. The SMILES string of the molecule is O=C1N[C@@H]2[C@@H](OCc3ccccc3)O[C@H](CO)[C@@H](O)[C@@H]2O1. The molecule has 0 spiro atoms.